The zero-order valence-electron chi connectivity index (χ0n) is 6.88. The predicted octanol–water partition coefficient (Wildman–Crippen LogP) is 3.17. The van der Waals surface area contributed by atoms with Crippen LogP contribution in [-0.4, -0.2) is 6.43 Å². The number of rotatable bonds is 2. The van der Waals surface area contributed by atoms with Crippen LogP contribution in [-0.2, 0) is 0 Å². The van der Waals surface area contributed by atoms with Crippen molar-refractivity contribution in [2.75, 3.05) is 0 Å². The molecule has 80 valence electrons. The van der Waals surface area contributed by atoms with Crippen LogP contribution in [0.15, 0.2) is 18.2 Å². The van der Waals surface area contributed by atoms with Crippen LogP contribution < -0.4 is 5.73 Å². The lowest BCUT2D eigenvalue weighted by Crippen LogP contribution is -2.20. The summed E-state index contributed by atoms with van der Waals surface area (Å²) < 4.78 is 37.2. The lowest BCUT2D eigenvalue weighted by Gasteiger charge is -2.12. The summed E-state index contributed by atoms with van der Waals surface area (Å²) in [6.07, 6.45) is -2.82. The van der Waals surface area contributed by atoms with Gasteiger partial charge < -0.3 is 5.73 Å². The van der Waals surface area contributed by atoms with Gasteiger partial charge in [-0.1, -0.05) is 17.7 Å². The van der Waals surface area contributed by atoms with Crippen molar-refractivity contribution in [3.8, 4) is 0 Å². The van der Waals surface area contributed by atoms with Crippen LogP contribution >= 0.6 is 24.0 Å². The van der Waals surface area contributed by atoms with Crippen molar-refractivity contribution in [3.63, 3.8) is 0 Å². The molecule has 1 aromatic carbocycles. The molecule has 0 aliphatic rings. The minimum atomic E-state index is -2.82. The SMILES string of the molecule is Cl.N[C@@H](c1c(F)cccc1Cl)C(F)F. The average Bonchev–Trinajstić information content (AvgIpc) is 2.03. The largest absolute Gasteiger partial charge is 0.319 e. The van der Waals surface area contributed by atoms with Gasteiger partial charge in [0.1, 0.15) is 5.82 Å². The highest BCUT2D eigenvalue weighted by atomic mass is 35.5. The van der Waals surface area contributed by atoms with Gasteiger partial charge in [-0.2, -0.15) is 0 Å². The molecule has 6 heteroatoms. The molecule has 0 spiro atoms. The van der Waals surface area contributed by atoms with Crippen LogP contribution in [0.5, 0.6) is 0 Å². The van der Waals surface area contributed by atoms with Crippen LogP contribution in [0.1, 0.15) is 11.6 Å². The van der Waals surface area contributed by atoms with Gasteiger partial charge in [-0.3, -0.25) is 0 Å². The van der Waals surface area contributed by atoms with Crippen molar-refractivity contribution in [1.82, 2.24) is 0 Å². The molecule has 1 rings (SSSR count). The van der Waals surface area contributed by atoms with Crippen molar-refractivity contribution in [3.05, 3.63) is 34.6 Å². The Morgan fingerprint density at radius 3 is 2.29 bits per heavy atom. The van der Waals surface area contributed by atoms with Gasteiger partial charge >= 0.3 is 0 Å². The zero-order chi connectivity index (χ0) is 10.0. The van der Waals surface area contributed by atoms with Crippen molar-refractivity contribution in [1.29, 1.82) is 0 Å². The zero-order valence-corrected chi connectivity index (χ0v) is 8.46. The van der Waals surface area contributed by atoms with Crippen LogP contribution in [0.2, 0.25) is 5.02 Å². The second-order valence-electron chi connectivity index (χ2n) is 2.50. The van der Waals surface area contributed by atoms with E-state index in [0.29, 0.717) is 0 Å². The van der Waals surface area contributed by atoms with Gasteiger partial charge in [-0.25, -0.2) is 13.2 Å². The molecular formula is C8H8Cl2F3N. The number of nitrogens with two attached hydrogens (primary N) is 1. The molecule has 1 aromatic rings. The highest BCUT2D eigenvalue weighted by Gasteiger charge is 2.23. The molecule has 0 radical (unpaired) electrons. The molecule has 0 fully saturated rings. The Labute approximate surface area is 90.5 Å². The van der Waals surface area contributed by atoms with Gasteiger partial charge in [0.2, 0.25) is 0 Å². The van der Waals surface area contributed by atoms with E-state index in [-0.39, 0.29) is 23.0 Å². The number of hydrogen-bond acceptors (Lipinski definition) is 1. The van der Waals surface area contributed by atoms with E-state index in [0.717, 1.165) is 6.07 Å². The van der Waals surface area contributed by atoms with Crippen molar-refractivity contribution < 1.29 is 13.2 Å². The molecule has 0 aromatic heterocycles. The van der Waals surface area contributed by atoms with Gasteiger partial charge in [0.25, 0.3) is 6.43 Å². The molecule has 0 amide bonds. The summed E-state index contributed by atoms with van der Waals surface area (Å²) in [5, 5.41) is -0.0761. The summed E-state index contributed by atoms with van der Waals surface area (Å²) in [5.74, 6) is -0.805. The summed E-state index contributed by atoms with van der Waals surface area (Å²) in [5.41, 5.74) is 4.73. The minimum absolute atomic E-state index is 0. The lowest BCUT2D eigenvalue weighted by molar-refractivity contribution is 0.115. The molecule has 0 saturated carbocycles. The Morgan fingerprint density at radius 2 is 1.86 bits per heavy atom. The van der Waals surface area contributed by atoms with Crippen LogP contribution in [0.25, 0.3) is 0 Å². The smallest absolute Gasteiger partial charge is 0.257 e. The molecule has 0 heterocycles. The van der Waals surface area contributed by atoms with Crippen molar-refractivity contribution in [2.45, 2.75) is 12.5 Å². The number of halogens is 5. The summed E-state index contributed by atoms with van der Waals surface area (Å²) in [6, 6.07) is 2.03. The molecule has 0 aliphatic heterocycles. The second-order valence-corrected chi connectivity index (χ2v) is 2.90. The van der Waals surface area contributed by atoms with Crippen molar-refractivity contribution in [2.24, 2.45) is 5.73 Å². The minimum Gasteiger partial charge on any atom is -0.319 e. The predicted molar refractivity (Wildman–Crippen MR) is 51.6 cm³/mol. The number of hydrogen-bond donors (Lipinski definition) is 1. The molecule has 0 aliphatic carbocycles. The summed E-state index contributed by atoms with van der Waals surface area (Å²) in [6.45, 7) is 0. The van der Waals surface area contributed by atoms with E-state index in [1.807, 2.05) is 0 Å². The molecular weight excluding hydrogens is 238 g/mol. The second kappa shape index (κ2) is 5.44. The Kier molecular flexibility index (Phi) is 5.26. The quantitative estimate of drug-likeness (QED) is 0.852. The standard InChI is InChI=1S/C8H7ClF3N.ClH/c9-4-2-1-3-5(10)6(4)7(13)8(11)12;/h1-3,7-8H,13H2;1H/t7-;/m0./s1. The first kappa shape index (κ1) is 13.5. The van der Waals surface area contributed by atoms with Gasteiger partial charge in [0, 0.05) is 10.6 Å². The van der Waals surface area contributed by atoms with Crippen LogP contribution in [0.3, 0.4) is 0 Å². The average molecular weight is 246 g/mol. The van der Waals surface area contributed by atoms with E-state index in [2.05, 4.69) is 0 Å². The topological polar surface area (TPSA) is 26.0 Å². The van der Waals surface area contributed by atoms with E-state index >= 15 is 0 Å². The number of benzene rings is 1. The fourth-order valence-corrected chi connectivity index (χ4v) is 1.24. The first-order chi connectivity index (χ1) is 6.04. The summed E-state index contributed by atoms with van der Waals surface area (Å²) >= 11 is 5.52. The van der Waals surface area contributed by atoms with Crippen molar-refractivity contribution >= 4 is 24.0 Å². The normalized spacial score (nSPS) is 12.4. The molecule has 0 saturated heterocycles. The fraction of sp³-hybridized carbons (Fsp3) is 0.250. The molecule has 1 atom stereocenters. The maximum atomic E-state index is 13.0. The third-order valence-corrected chi connectivity index (χ3v) is 1.93. The van der Waals surface area contributed by atoms with E-state index < -0.39 is 18.3 Å². The lowest BCUT2D eigenvalue weighted by atomic mass is 10.1. The molecule has 2 N–H and O–H groups in total. The first-order valence-electron chi connectivity index (χ1n) is 3.51. The van der Waals surface area contributed by atoms with E-state index in [9.17, 15) is 13.2 Å². The highest BCUT2D eigenvalue weighted by molar-refractivity contribution is 6.31. The van der Waals surface area contributed by atoms with E-state index in [4.69, 9.17) is 17.3 Å². The van der Waals surface area contributed by atoms with E-state index in [1.165, 1.54) is 12.1 Å². The first-order valence-corrected chi connectivity index (χ1v) is 3.89. The maximum absolute atomic E-state index is 13.0. The Hall–Kier alpha value is -0.450. The molecule has 1 nitrogen and oxygen atoms in total. The van der Waals surface area contributed by atoms with Gasteiger partial charge in [0.15, 0.2) is 0 Å². The van der Waals surface area contributed by atoms with Gasteiger partial charge in [0.05, 0.1) is 6.04 Å². The Bertz CT molecular complexity index is 286. The van der Waals surface area contributed by atoms with Gasteiger partial charge in [-0.15, -0.1) is 12.4 Å². The van der Waals surface area contributed by atoms with Crippen LogP contribution in [0.4, 0.5) is 13.2 Å². The Morgan fingerprint density at radius 1 is 1.29 bits per heavy atom. The van der Waals surface area contributed by atoms with E-state index in [1.54, 1.807) is 0 Å². The highest BCUT2D eigenvalue weighted by Crippen LogP contribution is 2.27. The molecule has 0 bridgehead atoms. The molecule has 14 heavy (non-hydrogen) atoms. The van der Waals surface area contributed by atoms with Gasteiger partial charge in [-0.05, 0) is 12.1 Å². The third-order valence-electron chi connectivity index (χ3n) is 1.60. The Balaban J connectivity index is 0.00000169. The fourth-order valence-electron chi connectivity index (χ4n) is 0.955. The monoisotopic (exact) mass is 245 g/mol. The number of alkyl halides is 2. The summed E-state index contributed by atoms with van der Waals surface area (Å²) in [4.78, 5) is 0. The maximum Gasteiger partial charge on any atom is 0.257 e. The summed E-state index contributed by atoms with van der Waals surface area (Å²) in [7, 11) is 0. The third kappa shape index (κ3) is 2.77. The van der Waals surface area contributed by atoms with Crippen LogP contribution in [0, 0.1) is 5.82 Å². The molecule has 0 unspecified atom stereocenters.